The standard InChI is InChI=1S/C25H25NO6/c1-5-25(4)13-17(27)21-19(32-25)12-11-18-20(21)14(3)22(31-18)23(28)26-16-9-7-15(8-10-16)24(29)30-6-2/h7-12H,5-6,13H2,1-4H3,(H,26,28)/t25-/m1/s1. The molecule has 0 fully saturated rings. The molecule has 1 aliphatic rings. The molecule has 2 aromatic carbocycles. The monoisotopic (exact) mass is 435 g/mol. The van der Waals surface area contributed by atoms with Crippen molar-refractivity contribution in [3.8, 4) is 5.75 Å². The zero-order valence-corrected chi connectivity index (χ0v) is 18.5. The zero-order valence-electron chi connectivity index (χ0n) is 18.5. The van der Waals surface area contributed by atoms with Gasteiger partial charge in [0.2, 0.25) is 0 Å². The number of rotatable bonds is 5. The van der Waals surface area contributed by atoms with Crippen molar-refractivity contribution < 1.29 is 28.3 Å². The van der Waals surface area contributed by atoms with Crippen molar-refractivity contribution in [1.82, 2.24) is 0 Å². The molecule has 0 aliphatic carbocycles. The fourth-order valence-electron chi connectivity index (χ4n) is 3.92. The van der Waals surface area contributed by atoms with E-state index in [-0.39, 0.29) is 24.6 Å². The summed E-state index contributed by atoms with van der Waals surface area (Å²) in [7, 11) is 0. The number of carbonyl (C=O) groups is 3. The van der Waals surface area contributed by atoms with Crippen molar-refractivity contribution >= 4 is 34.3 Å². The summed E-state index contributed by atoms with van der Waals surface area (Å²) in [6.07, 6.45) is 0.984. The summed E-state index contributed by atoms with van der Waals surface area (Å²) in [6.45, 7) is 7.69. The molecule has 0 radical (unpaired) electrons. The van der Waals surface area contributed by atoms with Crippen LogP contribution < -0.4 is 10.1 Å². The number of aryl methyl sites for hydroxylation is 1. The Morgan fingerprint density at radius 1 is 1.12 bits per heavy atom. The Kier molecular flexibility index (Phi) is 5.50. The van der Waals surface area contributed by atoms with Gasteiger partial charge < -0.3 is 19.2 Å². The molecule has 32 heavy (non-hydrogen) atoms. The molecule has 1 atom stereocenters. The number of amides is 1. The molecule has 2 heterocycles. The number of fused-ring (bicyclic) bond motifs is 3. The minimum Gasteiger partial charge on any atom is -0.486 e. The SMILES string of the molecule is CCOC(=O)c1ccc(NC(=O)c2oc3ccc4c(c3c2C)C(=O)C[C@@](C)(CC)O4)cc1. The van der Waals surface area contributed by atoms with Crippen LogP contribution >= 0.6 is 0 Å². The van der Waals surface area contributed by atoms with Gasteiger partial charge in [-0.15, -0.1) is 0 Å². The van der Waals surface area contributed by atoms with E-state index in [1.165, 1.54) is 0 Å². The third kappa shape index (κ3) is 3.75. The molecule has 0 saturated carbocycles. The van der Waals surface area contributed by atoms with Crippen LogP contribution in [-0.2, 0) is 4.74 Å². The van der Waals surface area contributed by atoms with Crippen LogP contribution in [-0.4, -0.2) is 29.9 Å². The summed E-state index contributed by atoms with van der Waals surface area (Å²) in [6, 6.07) is 9.84. The van der Waals surface area contributed by atoms with Gasteiger partial charge >= 0.3 is 5.97 Å². The lowest BCUT2D eigenvalue weighted by molar-refractivity contribution is 0.0499. The first kappa shape index (κ1) is 21.6. The molecule has 1 aromatic heterocycles. The molecule has 3 aromatic rings. The maximum atomic E-state index is 13.0. The van der Waals surface area contributed by atoms with Crippen LogP contribution in [0.1, 0.15) is 70.4 Å². The number of esters is 1. The summed E-state index contributed by atoms with van der Waals surface area (Å²) in [5.41, 5.74) is 1.87. The fourth-order valence-corrected chi connectivity index (χ4v) is 3.92. The van der Waals surface area contributed by atoms with Gasteiger partial charge in [-0.05, 0) is 63.6 Å². The van der Waals surface area contributed by atoms with Crippen LogP contribution in [0.4, 0.5) is 5.69 Å². The molecule has 7 heteroatoms. The lowest BCUT2D eigenvalue weighted by Gasteiger charge is -2.34. The lowest BCUT2D eigenvalue weighted by atomic mass is 9.87. The van der Waals surface area contributed by atoms with Gasteiger partial charge in [0.05, 0.1) is 24.2 Å². The number of hydrogen-bond acceptors (Lipinski definition) is 6. The first-order valence-electron chi connectivity index (χ1n) is 10.6. The number of anilines is 1. The molecule has 1 N–H and O–H groups in total. The van der Waals surface area contributed by atoms with Crippen LogP contribution in [0.2, 0.25) is 0 Å². The average molecular weight is 435 g/mol. The predicted molar refractivity (Wildman–Crippen MR) is 120 cm³/mol. The number of furan rings is 1. The topological polar surface area (TPSA) is 94.8 Å². The maximum Gasteiger partial charge on any atom is 0.338 e. The number of nitrogens with one attached hydrogen (secondary N) is 1. The number of carbonyl (C=O) groups excluding carboxylic acids is 3. The Balaban J connectivity index is 1.64. The lowest BCUT2D eigenvalue weighted by Crippen LogP contribution is -2.38. The zero-order chi connectivity index (χ0) is 23.0. The van der Waals surface area contributed by atoms with Crippen molar-refractivity contribution in [2.75, 3.05) is 11.9 Å². The van der Waals surface area contributed by atoms with E-state index >= 15 is 0 Å². The van der Waals surface area contributed by atoms with Crippen molar-refractivity contribution in [3.63, 3.8) is 0 Å². The first-order chi connectivity index (χ1) is 15.3. The molecule has 1 amide bonds. The summed E-state index contributed by atoms with van der Waals surface area (Å²) in [4.78, 5) is 37.7. The van der Waals surface area contributed by atoms with E-state index < -0.39 is 17.5 Å². The molecule has 166 valence electrons. The number of hydrogen-bond donors (Lipinski definition) is 1. The highest BCUT2D eigenvalue weighted by molar-refractivity contribution is 6.14. The average Bonchev–Trinajstić information content (AvgIpc) is 3.11. The Hall–Kier alpha value is -3.61. The van der Waals surface area contributed by atoms with Gasteiger partial charge in [-0.1, -0.05) is 6.92 Å². The molecule has 0 spiro atoms. The van der Waals surface area contributed by atoms with E-state index in [0.717, 1.165) is 0 Å². The van der Waals surface area contributed by atoms with Gasteiger partial charge in [-0.25, -0.2) is 4.79 Å². The molecule has 0 unspecified atom stereocenters. The van der Waals surface area contributed by atoms with E-state index in [2.05, 4.69) is 5.32 Å². The Bertz CT molecular complexity index is 1220. The van der Waals surface area contributed by atoms with Gasteiger partial charge in [-0.2, -0.15) is 0 Å². The maximum absolute atomic E-state index is 13.0. The van der Waals surface area contributed by atoms with E-state index in [1.807, 2.05) is 13.8 Å². The first-order valence-corrected chi connectivity index (χ1v) is 10.6. The van der Waals surface area contributed by atoms with Gasteiger partial charge in [0.25, 0.3) is 5.91 Å². The predicted octanol–water partition coefficient (Wildman–Crippen LogP) is 5.30. The smallest absolute Gasteiger partial charge is 0.338 e. The summed E-state index contributed by atoms with van der Waals surface area (Å²) in [5.74, 6) is -0.247. The van der Waals surface area contributed by atoms with Crippen molar-refractivity contribution in [3.05, 3.63) is 58.8 Å². The van der Waals surface area contributed by atoms with Crippen LogP contribution in [0.15, 0.2) is 40.8 Å². The highest BCUT2D eigenvalue weighted by Crippen LogP contribution is 2.41. The van der Waals surface area contributed by atoms with Crippen molar-refractivity contribution in [2.45, 2.75) is 46.1 Å². The van der Waals surface area contributed by atoms with Crippen molar-refractivity contribution in [2.24, 2.45) is 0 Å². The van der Waals surface area contributed by atoms with E-state index in [1.54, 1.807) is 50.2 Å². The Morgan fingerprint density at radius 3 is 2.50 bits per heavy atom. The Labute approximate surface area is 185 Å². The fraction of sp³-hybridized carbons (Fsp3) is 0.320. The van der Waals surface area contributed by atoms with E-state index in [4.69, 9.17) is 13.9 Å². The van der Waals surface area contributed by atoms with Crippen LogP contribution in [0, 0.1) is 6.92 Å². The normalized spacial score (nSPS) is 17.6. The second kappa shape index (κ2) is 8.15. The molecule has 0 bridgehead atoms. The molecule has 4 rings (SSSR count). The number of ketones is 1. The van der Waals surface area contributed by atoms with Crippen LogP contribution in [0.5, 0.6) is 5.75 Å². The van der Waals surface area contributed by atoms with Gasteiger partial charge in [-0.3, -0.25) is 9.59 Å². The largest absolute Gasteiger partial charge is 0.486 e. The molecular weight excluding hydrogens is 410 g/mol. The summed E-state index contributed by atoms with van der Waals surface area (Å²) in [5, 5.41) is 3.38. The number of Topliss-reactive ketones (excluding diaryl/α,β-unsaturated/α-hetero) is 1. The summed E-state index contributed by atoms with van der Waals surface area (Å²) < 4.78 is 16.9. The van der Waals surface area contributed by atoms with E-state index in [9.17, 15) is 14.4 Å². The Morgan fingerprint density at radius 2 is 1.84 bits per heavy atom. The third-order valence-electron chi connectivity index (χ3n) is 5.83. The molecular formula is C25H25NO6. The molecule has 7 nitrogen and oxygen atoms in total. The number of ether oxygens (including phenoxy) is 2. The van der Waals surface area contributed by atoms with Crippen LogP contribution in [0.25, 0.3) is 11.0 Å². The molecule has 0 saturated heterocycles. The van der Waals surface area contributed by atoms with Crippen molar-refractivity contribution in [1.29, 1.82) is 0 Å². The minimum absolute atomic E-state index is 0.0217. The van der Waals surface area contributed by atoms with Gasteiger partial charge in [0.1, 0.15) is 16.9 Å². The van der Waals surface area contributed by atoms with Gasteiger partial charge in [0.15, 0.2) is 11.5 Å². The van der Waals surface area contributed by atoms with Gasteiger partial charge in [0, 0.05) is 16.6 Å². The highest BCUT2D eigenvalue weighted by Gasteiger charge is 2.37. The second-order valence-corrected chi connectivity index (χ2v) is 8.13. The highest BCUT2D eigenvalue weighted by atomic mass is 16.5. The quantitative estimate of drug-likeness (QED) is 0.546. The molecule has 1 aliphatic heterocycles. The number of benzene rings is 2. The second-order valence-electron chi connectivity index (χ2n) is 8.13. The minimum atomic E-state index is -0.536. The third-order valence-corrected chi connectivity index (χ3v) is 5.83. The van der Waals surface area contributed by atoms with Crippen LogP contribution in [0.3, 0.4) is 0 Å². The van der Waals surface area contributed by atoms with E-state index in [0.29, 0.717) is 45.5 Å². The summed E-state index contributed by atoms with van der Waals surface area (Å²) >= 11 is 0.